The van der Waals surface area contributed by atoms with Crippen molar-refractivity contribution in [3.63, 3.8) is 0 Å². The molecule has 2 unspecified atom stereocenters. The first-order valence-corrected chi connectivity index (χ1v) is 8.11. The van der Waals surface area contributed by atoms with Crippen LogP contribution < -0.4 is 4.72 Å². The predicted molar refractivity (Wildman–Crippen MR) is 74.5 cm³/mol. The van der Waals surface area contributed by atoms with Crippen LogP contribution in [0.25, 0.3) is 0 Å². The standard InChI is InChI=1S/C14H21NO3S/c1-10-5-11(2)7-14(6-10)19(17,18)15-9-12-3-4-13(16)8-12/h5-7,12-13,15-16H,3-4,8-9H2,1-2H3. The van der Waals surface area contributed by atoms with E-state index in [4.69, 9.17) is 0 Å². The third kappa shape index (κ3) is 3.78. The minimum atomic E-state index is -3.44. The van der Waals surface area contributed by atoms with Gasteiger partial charge in [-0.1, -0.05) is 6.07 Å². The SMILES string of the molecule is Cc1cc(C)cc(S(=O)(=O)NCC2CCC(O)C2)c1. The van der Waals surface area contributed by atoms with E-state index in [1.54, 1.807) is 12.1 Å². The minimum absolute atomic E-state index is 0.246. The highest BCUT2D eigenvalue weighted by Crippen LogP contribution is 2.25. The number of rotatable bonds is 4. The Bertz CT molecular complexity index is 534. The van der Waals surface area contributed by atoms with E-state index in [0.29, 0.717) is 17.9 Å². The van der Waals surface area contributed by atoms with Crippen molar-refractivity contribution in [1.82, 2.24) is 4.72 Å². The number of hydrogen-bond donors (Lipinski definition) is 2. The van der Waals surface area contributed by atoms with Gasteiger partial charge in [0.2, 0.25) is 10.0 Å². The van der Waals surface area contributed by atoms with E-state index in [9.17, 15) is 13.5 Å². The molecular formula is C14H21NO3S. The van der Waals surface area contributed by atoms with E-state index in [2.05, 4.69) is 4.72 Å². The van der Waals surface area contributed by atoms with Crippen LogP contribution in [0.5, 0.6) is 0 Å². The molecule has 1 aliphatic rings. The molecule has 1 aromatic carbocycles. The molecule has 1 saturated carbocycles. The molecule has 0 bridgehead atoms. The van der Waals surface area contributed by atoms with E-state index in [1.165, 1.54) is 0 Å². The van der Waals surface area contributed by atoms with Gasteiger partial charge in [-0.05, 0) is 62.3 Å². The van der Waals surface area contributed by atoms with Crippen molar-refractivity contribution >= 4 is 10.0 Å². The van der Waals surface area contributed by atoms with E-state index in [1.807, 2.05) is 19.9 Å². The lowest BCUT2D eigenvalue weighted by Gasteiger charge is -2.12. The first-order valence-electron chi connectivity index (χ1n) is 6.63. The Morgan fingerprint density at radius 1 is 1.21 bits per heavy atom. The highest BCUT2D eigenvalue weighted by molar-refractivity contribution is 7.89. The van der Waals surface area contributed by atoms with Crippen LogP contribution in [0.1, 0.15) is 30.4 Å². The fourth-order valence-corrected chi connectivity index (χ4v) is 3.94. The van der Waals surface area contributed by atoms with Gasteiger partial charge in [-0.3, -0.25) is 0 Å². The summed E-state index contributed by atoms with van der Waals surface area (Å²) < 4.78 is 27.1. The summed E-state index contributed by atoms with van der Waals surface area (Å²) in [5.74, 6) is 0.246. The van der Waals surface area contributed by atoms with Crippen molar-refractivity contribution in [2.75, 3.05) is 6.54 Å². The van der Waals surface area contributed by atoms with Crippen LogP contribution in [-0.2, 0) is 10.0 Å². The van der Waals surface area contributed by atoms with Gasteiger partial charge in [0.1, 0.15) is 0 Å². The average Bonchev–Trinajstić information content (AvgIpc) is 2.71. The van der Waals surface area contributed by atoms with Gasteiger partial charge in [-0.2, -0.15) is 0 Å². The average molecular weight is 283 g/mol. The molecule has 1 fully saturated rings. The van der Waals surface area contributed by atoms with Crippen LogP contribution in [0.15, 0.2) is 23.1 Å². The summed E-state index contributed by atoms with van der Waals surface area (Å²) in [7, 11) is -3.44. The third-order valence-electron chi connectivity index (χ3n) is 3.58. The van der Waals surface area contributed by atoms with Crippen molar-refractivity contribution in [2.45, 2.75) is 44.1 Å². The van der Waals surface area contributed by atoms with Gasteiger partial charge in [-0.15, -0.1) is 0 Å². The zero-order chi connectivity index (χ0) is 14.0. The fourth-order valence-electron chi connectivity index (χ4n) is 2.63. The van der Waals surface area contributed by atoms with Crippen molar-refractivity contribution in [3.05, 3.63) is 29.3 Å². The number of sulfonamides is 1. The molecule has 0 saturated heterocycles. The van der Waals surface area contributed by atoms with Crippen molar-refractivity contribution < 1.29 is 13.5 Å². The Kier molecular flexibility index (Phi) is 4.28. The second kappa shape index (κ2) is 5.61. The number of aliphatic hydroxyl groups excluding tert-OH is 1. The summed E-state index contributed by atoms with van der Waals surface area (Å²) in [5.41, 5.74) is 1.88. The molecule has 2 N–H and O–H groups in total. The van der Waals surface area contributed by atoms with Gasteiger partial charge in [0.25, 0.3) is 0 Å². The first-order chi connectivity index (χ1) is 8.87. The molecule has 1 aliphatic carbocycles. The molecule has 0 aromatic heterocycles. The molecular weight excluding hydrogens is 262 g/mol. The van der Waals surface area contributed by atoms with Crippen LogP contribution in [0, 0.1) is 19.8 Å². The number of aryl methyl sites for hydroxylation is 2. The summed E-state index contributed by atoms with van der Waals surface area (Å²) in [6.07, 6.45) is 2.08. The van der Waals surface area contributed by atoms with Gasteiger partial charge < -0.3 is 5.11 Å². The van der Waals surface area contributed by atoms with Crippen LogP contribution in [-0.4, -0.2) is 26.2 Å². The minimum Gasteiger partial charge on any atom is -0.393 e. The second-order valence-corrected chi connectivity index (χ2v) is 7.28. The van der Waals surface area contributed by atoms with Crippen LogP contribution in [0.3, 0.4) is 0 Å². The van der Waals surface area contributed by atoms with Gasteiger partial charge >= 0.3 is 0 Å². The normalized spacial score (nSPS) is 23.7. The Morgan fingerprint density at radius 2 is 1.84 bits per heavy atom. The molecule has 0 amide bonds. The molecule has 1 aromatic rings. The van der Waals surface area contributed by atoms with E-state index < -0.39 is 10.0 Å². The van der Waals surface area contributed by atoms with E-state index in [0.717, 1.165) is 24.0 Å². The Labute approximate surface area is 114 Å². The number of aliphatic hydroxyl groups is 1. The first kappa shape index (κ1) is 14.5. The van der Waals surface area contributed by atoms with Crippen molar-refractivity contribution in [2.24, 2.45) is 5.92 Å². The molecule has 0 radical (unpaired) electrons. The topological polar surface area (TPSA) is 66.4 Å². The molecule has 2 rings (SSSR count). The zero-order valence-corrected chi connectivity index (χ0v) is 12.2. The summed E-state index contributed by atoms with van der Waals surface area (Å²) in [4.78, 5) is 0.323. The van der Waals surface area contributed by atoms with Crippen LogP contribution in [0.2, 0.25) is 0 Å². The quantitative estimate of drug-likeness (QED) is 0.884. The molecule has 5 heteroatoms. The molecule has 0 aliphatic heterocycles. The van der Waals surface area contributed by atoms with E-state index >= 15 is 0 Å². The number of nitrogens with one attached hydrogen (secondary N) is 1. The maximum Gasteiger partial charge on any atom is 0.240 e. The molecule has 2 atom stereocenters. The van der Waals surface area contributed by atoms with Gasteiger partial charge in [0, 0.05) is 6.54 Å². The maximum atomic E-state index is 12.2. The Balaban J connectivity index is 2.05. The molecule has 0 heterocycles. The smallest absolute Gasteiger partial charge is 0.240 e. The molecule has 106 valence electrons. The Hall–Kier alpha value is -0.910. The third-order valence-corrected chi connectivity index (χ3v) is 4.98. The molecule has 0 spiro atoms. The van der Waals surface area contributed by atoms with Gasteiger partial charge in [0.15, 0.2) is 0 Å². The summed E-state index contributed by atoms with van der Waals surface area (Å²) in [6.45, 7) is 4.19. The summed E-state index contributed by atoms with van der Waals surface area (Å²) >= 11 is 0. The highest BCUT2D eigenvalue weighted by atomic mass is 32.2. The summed E-state index contributed by atoms with van der Waals surface area (Å²) in [5, 5.41) is 9.44. The number of hydrogen-bond acceptors (Lipinski definition) is 3. The molecule has 19 heavy (non-hydrogen) atoms. The monoisotopic (exact) mass is 283 g/mol. The summed E-state index contributed by atoms with van der Waals surface area (Å²) in [6, 6.07) is 5.31. The lowest BCUT2D eigenvalue weighted by atomic mass is 10.1. The lowest BCUT2D eigenvalue weighted by molar-refractivity contribution is 0.178. The lowest BCUT2D eigenvalue weighted by Crippen LogP contribution is -2.29. The molecule has 4 nitrogen and oxygen atoms in total. The van der Waals surface area contributed by atoms with Crippen LogP contribution >= 0.6 is 0 Å². The highest BCUT2D eigenvalue weighted by Gasteiger charge is 2.24. The van der Waals surface area contributed by atoms with E-state index in [-0.39, 0.29) is 12.0 Å². The second-order valence-electron chi connectivity index (χ2n) is 5.51. The number of benzene rings is 1. The zero-order valence-electron chi connectivity index (χ0n) is 11.4. The Morgan fingerprint density at radius 3 is 2.37 bits per heavy atom. The maximum absolute atomic E-state index is 12.2. The van der Waals surface area contributed by atoms with Crippen molar-refractivity contribution in [1.29, 1.82) is 0 Å². The predicted octanol–water partition coefficient (Wildman–Crippen LogP) is 1.74. The van der Waals surface area contributed by atoms with Gasteiger partial charge in [0.05, 0.1) is 11.0 Å². The largest absolute Gasteiger partial charge is 0.393 e. The fraction of sp³-hybridized carbons (Fsp3) is 0.571. The van der Waals surface area contributed by atoms with Gasteiger partial charge in [-0.25, -0.2) is 13.1 Å². The van der Waals surface area contributed by atoms with Crippen molar-refractivity contribution in [3.8, 4) is 0 Å². The van der Waals surface area contributed by atoms with Crippen LogP contribution in [0.4, 0.5) is 0 Å².